The van der Waals surface area contributed by atoms with Gasteiger partial charge >= 0.3 is 0 Å². The van der Waals surface area contributed by atoms with Crippen LogP contribution < -0.4 is 5.32 Å². The van der Waals surface area contributed by atoms with Gasteiger partial charge in [-0.25, -0.2) is 4.39 Å². The summed E-state index contributed by atoms with van der Waals surface area (Å²) < 4.78 is 17.4. The van der Waals surface area contributed by atoms with Gasteiger partial charge in [-0.1, -0.05) is 27.4 Å². The summed E-state index contributed by atoms with van der Waals surface area (Å²) in [7, 11) is 0. The van der Waals surface area contributed by atoms with E-state index in [2.05, 4.69) is 25.1 Å². The third-order valence-electron chi connectivity index (χ3n) is 2.40. The molecule has 21 heavy (non-hydrogen) atoms. The summed E-state index contributed by atoms with van der Waals surface area (Å²) in [5, 5.41) is 16.2. The van der Waals surface area contributed by atoms with E-state index in [1.807, 2.05) is 0 Å². The highest BCUT2D eigenvalue weighted by molar-refractivity contribution is 7.18. The molecule has 0 aliphatic rings. The van der Waals surface area contributed by atoms with E-state index in [1.165, 1.54) is 17.5 Å². The van der Waals surface area contributed by atoms with Crippen LogP contribution in [0.15, 0.2) is 23.6 Å². The van der Waals surface area contributed by atoms with E-state index in [1.54, 1.807) is 6.07 Å². The van der Waals surface area contributed by atoms with Crippen LogP contribution in [0.25, 0.3) is 10.6 Å². The zero-order valence-corrected chi connectivity index (χ0v) is 12.5. The van der Waals surface area contributed by atoms with Crippen molar-refractivity contribution < 1.29 is 9.18 Å². The van der Waals surface area contributed by atoms with E-state index in [-0.39, 0.29) is 16.4 Å². The SMILES string of the molecule is O=C(Nc1nnc(-c2ccc(Cl)cc2F)s1)c1csnn1. The Morgan fingerprint density at radius 3 is 2.86 bits per heavy atom. The number of hydrogen-bond donors (Lipinski definition) is 1. The summed E-state index contributed by atoms with van der Waals surface area (Å²) >= 11 is 7.81. The second kappa shape index (κ2) is 5.80. The zero-order valence-electron chi connectivity index (χ0n) is 10.1. The van der Waals surface area contributed by atoms with Crippen molar-refractivity contribution in [2.75, 3.05) is 5.32 Å². The molecule has 1 N–H and O–H groups in total. The van der Waals surface area contributed by atoms with Crippen molar-refractivity contribution in [1.82, 2.24) is 19.8 Å². The molecule has 0 aliphatic carbocycles. The number of hydrogen-bond acceptors (Lipinski definition) is 7. The Hall–Kier alpha value is -1.97. The molecule has 0 aliphatic heterocycles. The number of anilines is 1. The van der Waals surface area contributed by atoms with Gasteiger partial charge in [0.2, 0.25) is 5.13 Å². The third-order valence-corrected chi connectivity index (χ3v) is 4.01. The van der Waals surface area contributed by atoms with Crippen LogP contribution in [0.2, 0.25) is 5.02 Å². The summed E-state index contributed by atoms with van der Waals surface area (Å²) in [4.78, 5) is 11.8. The highest BCUT2D eigenvalue weighted by atomic mass is 35.5. The molecule has 3 aromatic rings. The van der Waals surface area contributed by atoms with Gasteiger partial charge in [-0.05, 0) is 29.7 Å². The number of carbonyl (C=O) groups is 1. The van der Waals surface area contributed by atoms with Crippen molar-refractivity contribution >= 4 is 45.5 Å². The molecule has 106 valence electrons. The van der Waals surface area contributed by atoms with E-state index in [0.717, 1.165) is 22.9 Å². The monoisotopic (exact) mass is 341 g/mol. The molecule has 0 fully saturated rings. The Bertz CT molecular complexity index is 792. The second-order valence-corrected chi connectivity index (χ2v) is 5.80. The Morgan fingerprint density at radius 2 is 2.14 bits per heavy atom. The van der Waals surface area contributed by atoms with Crippen LogP contribution in [-0.4, -0.2) is 25.7 Å². The topological polar surface area (TPSA) is 80.7 Å². The molecule has 2 heterocycles. The lowest BCUT2D eigenvalue weighted by Gasteiger charge is -1.98. The average molecular weight is 342 g/mol. The molecule has 1 aromatic carbocycles. The Kier molecular flexibility index (Phi) is 3.86. The molecule has 0 bridgehead atoms. The number of nitrogens with one attached hydrogen (secondary N) is 1. The zero-order chi connectivity index (χ0) is 14.8. The van der Waals surface area contributed by atoms with E-state index < -0.39 is 11.7 Å². The van der Waals surface area contributed by atoms with Crippen LogP contribution in [0.4, 0.5) is 9.52 Å². The Balaban J connectivity index is 1.82. The average Bonchev–Trinajstić information content (AvgIpc) is 3.09. The largest absolute Gasteiger partial charge is 0.295 e. The van der Waals surface area contributed by atoms with E-state index >= 15 is 0 Å². The van der Waals surface area contributed by atoms with Crippen molar-refractivity contribution in [2.45, 2.75) is 0 Å². The molecule has 6 nitrogen and oxygen atoms in total. The van der Waals surface area contributed by atoms with Crippen molar-refractivity contribution in [1.29, 1.82) is 0 Å². The lowest BCUT2D eigenvalue weighted by Crippen LogP contribution is -2.12. The van der Waals surface area contributed by atoms with Crippen LogP contribution in [0.3, 0.4) is 0 Å². The number of aromatic nitrogens is 4. The fourth-order valence-corrected chi connectivity index (χ4v) is 2.83. The molecular weight excluding hydrogens is 337 g/mol. The van der Waals surface area contributed by atoms with E-state index in [9.17, 15) is 9.18 Å². The predicted octanol–water partition coefficient (Wildman–Crippen LogP) is 3.10. The second-order valence-electron chi connectivity index (χ2n) is 3.78. The molecule has 0 saturated heterocycles. The van der Waals surface area contributed by atoms with E-state index in [4.69, 9.17) is 11.6 Å². The van der Waals surface area contributed by atoms with Gasteiger partial charge in [0.1, 0.15) is 5.82 Å². The van der Waals surface area contributed by atoms with Crippen molar-refractivity contribution in [3.8, 4) is 10.6 Å². The van der Waals surface area contributed by atoms with Crippen molar-refractivity contribution in [2.24, 2.45) is 0 Å². The fraction of sp³-hybridized carbons (Fsp3) is 0. The van der Waals surface area contributed by atoms with Gasteiger partial charge in [-0.2, -0.15) is 0 Å². The van der Waals surface area contributed by atoms with Gasteiger partial charge in [0.25, 0.3) is 5.91 Å². The fourth-order valence-electron chi connectivity index (χ4n) is 1.47. The number of halogens is 2. The number of amides is 1. The molecule has 1 amide bonds. The highest BCUT2D eigenvalue weighted by Crippen LogP contribution is 2.29. The first-order valence-corrected chi connectivity index (χ1v) is 7.54. The number of carbonyl (C=O) groups excluding carboxylic acids is 1. The summed E-state index contributed by atoms with van der Waals surface area (Å²) in [5.41, 5.74) is 0.460. The number of rotatable bonds is 3. The summed E-state index contributed by atoms with van der Waals surface area (Å²) in [6, 6.07) is 4.26. The normalized spacial score (nSPS) is 10.6. The lowest BCUT2D eigenvalue weighted by atomic mass is 10.2. The van der Waals surface area contributed by atoms with Crippen LogP contribution in [0, 0.1) is 5.82 Å². The minimum atomic E-state index is -0.500. The number of benzene rings is 1. The summed E-state index contributed by atoms with van der Waals surface area (Å²) in [6.45, 7) is 0. The molecule has 0 atom stereocenters. The molecule has 0 saturated carbocycles. The van der Waals surface area contributed by atoms with Crippen LogP contribution in [0.5, 0.6) is 0 Å². The standard InChI is InChI=1S/C11H5ClFN5OS2/c12-5-1-2-6(7(13)3-5)10-16-17-11(21-10)14-9(19)8-4-20-18-15-8/h1-4H,(H,14,17,19). The minimum Gasteiger partial charge on any atom is -0.295 e. The van der Waals surface area contributed by atoms with E-state index in [0.29, 0.717) is 10.0 Å². The number of nitrogens with zero attached hydrogens (tertiary/aromatic N) is 4. The van der Waals surface area contributed by atoms with Crippen LogP contribution >= 0.6 is 34.5 Å². The molecule has 10 heteroatoms. The molecule has 0 unspecified atom stereocenters. The summed E-state index contributed by atoms with van der Waals surface area (Å²) in [6.07, 6.45) is 0. The van der Waals surface area contributed by atoms with Gasteiger partial charge in [0.15, 0.2) is 10.7 Å². The van der Waals surface area contributed by atoms with Crippen LogP contribution in [-0.2, 0) is 0 Å². The minimum absolute atomic E-state index is 0.189. The van der Waals surface area contributed by atoms with Gasteiger partial charge < -0.3 is 0 Å². The first-order chi connectivity index (χ1) is 10.1. The molecule has 2 aromatic heterocycles. The van der Waals surface area contributed by atoms with Crippen LogP contribution in [0.1, 0.15) is 10.5 Å². The maximum absolute atomic E-state index is 13.8. The quantitative estimate of drug-likeness (QED) is 0.791. The first-order valence-electron chi connectivity index (χ1n) is 5.51. The maximum Gasteiger partial charge on any atom is 0.278 e. The van der Waals surface area contributed by atoms with Gasteiger partial charge in [-0.3, -0.25) is 10.1 Å². The van der Waals surface area contributed by atoms with Gasteiger partial charge in [0, 0.05) is 16.0 Å². The highest BCUT2D eigenvalue weighted by Gasteiger charge is 2.15. The van der Waals surface area contributed by atoms with Crippen molar-refractivity contribution in [3.63, 3.8) is 0 Å². The first kappa shape index (κ1) is 14.0. The molecule has 3 rings (SSSR count). The van der Waals surface area contributed by atoms with Gasteiger partial charge in [0.05, 0.1) is 0 Å². The Morgan fingerprint density at radius 1 is 1.29 bits per heavy atom. The smallest absolute Gasteiger partial charge is 0.278 e. The Labute approximate surface area is 130 Å². The summed E-state index contributed by atoms with van der Waals surface area (Å²) in [5.74, 6) is -0.941. The molecular formula is C11H5ClFN5OS2. The third kappa shape index (κ3) is 3.04. The molecule has 0 spiro atoms. The van der Waals surface area contributed by atoms with Crippen molar-refractivity contribution in [3.05, 3.63) is 40.1 Å². The predicted molar refractivity (Wildman–Crippen MR) is 78.2 cm³/mol. The lowest BCUT2D eigenvalue weighted by molar-refractivity contribution is 0.102. The van der Waals surface area contributed by atoms with Gasteiger partial charge in [-0.15, -0.1) is 15.3 Å². The molecule has 0 radical (unpaired) electrons. The maximum atomic E-state index is 13.8.